The normalized spacial score (nSPS) is 9.93. The molecule has 0 saturated heterocycles. The monoisotopic (exact) mass is 196 g/mol. The van der Waals surface area contributed by atoms with Crippen LogP contribution in [0.2, 0.25) is 0 Å². The Bertz CT molecular complexity index is 368. The minimum Gasteiger partial charge on any atom is -0.468 e. The van der Waals surface area contributed by atoms with E-state index < -0.39 is 0 Å². The van der Waals surface area contributed by atoms with Crippen molar-refractivity contribution in [2.45, 2.75) is 20.4 Å². The van der Waals surface area contributed by atoms with Gasteiger partial charge in [-0.25, -0.2) is 0 Å². The van der Waals surface area contributed by atoms with Crippen LogP contribution in [0.1, 0.15) is 21.7 Å². The van der Waals surface area contributed by atoms with Gasteiger partial charge >= 0.3 is 5.97 Å². The van der Waals surface area contributed by atoms with Gasteiger partial charge in [0.05, 0.1) is 18.4 Å². The Labute approximate surface area is 81.7 Å². The number of esters is 1. The van der Waals surface area contributed by atoms with Crippen LogP contribution in [0.5, 0.6) is 0 Å². The fraction of sp³-hybridized carbons (Fsp3) is 0.444. The number of hydrogen-bond acceptors (Lipinski definition) is 4. The van der Waals surface area contributed by atoms with E-state index in [0.29, 0.717) is 17.0 Å². The second-order valence-corrected chi connectivity index (χ2v) is 2.94. The number of aromatic nitrogens is 2. The van der Waals surface area contributed by atoms with E-state index in [0.717, 1.165) is 6.29 Å². The molecule has 0 aliphatic heterocycles. The lowest BCUT2D eigenvalue weighted by molar-refractivity contribution is -0.141. The number of ether oxygens (including phenoxy) is 1. The highest BCUT2D eigenvalue weighted by atomic mass is 16.5. The summed E-state index contributed by atoms with van der Waals surface area (Å²) in [7, 11) is 1.31. The van der Waals surface area contributed by atoms with E-state index in [9.17, 15) is 9.59 Å². The van der Waals surface area contributed by atoms with Gasteiger partial charge in [-0.1, -0.05) is 0 Å². The highest BCUT2D eigenvalue weighted by molar-refractivity contribution is 5.78. The Morgan fingerprint density at radius 1 is 1.57 bits per heavy atom. The Balaban J connectivity index is 2.99. The van der Waals surface area contributed by atoms with Gasteiger partial charge in [0, 0.05) is 5.69 Å². The Morgan fingerprint density at radius 2 is 2.21 bits per heavy atom. The Morgan fingerprint density at radius 3 is 2.64 bits per heavy atom. The molecule has 0 saturated carbocycles. The zero-order valence-corrected chi connectivity index (χ0v) is 8.40. The molecule has 1 heterocycles. The first-order valence-corrected chi connectivity index (χ1v) is 4.16. The highest BCUT2D eigenvalue weighted by Crippen LogP contribution is 2.09. The molecule has 1 aromatic heterocycles. The Kier molecular flexibility index (Phi) is 3.01. The number of nitrogens with zero attached hydrogens (tertiary/aromatic N) is 2. The minimum absolute atomic E-state index is 0.0387. The quantitative estimate of drug-likeness (QED) is 0.521. The van der Waals surface area contributed by atoms with Crippen molar-refractivity contribution < 1.29 is 14.3 Å². The summed E-state index contributed by atoms with van der Waals surface area (Å²) in [6.45, 7) is 3.51. The van der Waals surface area contributed by atoms with Crippen molar-refractivity contribution in [3.63, 3.8) is 0 Å². The predicted octanol–water partition coefficient (Wildman–Crippen LogP) is 0.485. The van der Waals surface area contributed by atoms with E-state index in [1.807, 2.05) is 0 Å². The molecule has 0 radical (unpaired) electrons. The molecule has 0 unspecified atom stereocenters. The van der Waals surface area contributed by atoms with Gasteiger partial charge in [0.1, 0.15) is 6.54 Å². The SMILES string of the molecule is COC(=O)Cn1nc(C)c(C=O)c1C. The first kappa shape index (κ1) is 10.4. The molecular weight excluding hydrogens is 184 g/mol. The molecular formula is C9H12N2O3. The van der Waals surface area contributed by atoms with Gasteiger partial charge in [-0.15, -0.1) is 0 Å². The summed E-state index contributed by atoms with van der Waals surface area (Å²) in [5.41, 5.74) is 1.85. The third-order valence-corrected chi connectivity index (χ3v) is 2.06. The lowest BCUT2D eigenvalue weighted by Crippen LogP contribution is -2.14. The summed E-state index contributed by atoms with van der Waals surface area (Å²) in [5, 5.41) is 4.05. The fourth-order valence-electron chi connectivity index (χ4n) is 1.22. The second kappa shape index (κ2) is 4.04. The molecule has 0 fully saturated rings. The smallest absolute Gasteiger partial charge is 0.327 e. The molecule has 0 bridgehead atoms. The fourth-order valence-corrected chi connectivity index (χ4v) is 1.22. The van der Waals surface area contributed by atoms with Crippen LogP contribution in [0.4, 0.5) is 0 Å². The van der Waals surface area contributed by atoms with Gasteiger partial charge in [-0.2, -0.15) is 5.10 Å². The summed E-state index contributed by atoms with van der Waals surface area (Å²) in [6.07, 6.45) is 0.742. The van der Waals surface area contributed by atoms with Gasteiger partial charge in [0.25, 0.3) is 0 Å². The molecule has 0 amide bonds. The summed E-state index contributed by atoms with van der Waals surface area (Å²) >= 11 is 0. The first-order chi connectivity index (χ1) is 6.60. The van der Waals surface area contributed by atoms with Crippen molar-refractivity contribution in [3.8, 4) is 0 Å². The Hall–Kier alpha value is -1.65. The van der Waals surface area contributed by atoms with Gasteiger partial charge in [0.15, 0.2) is 6.29 Å². The molecule has 0 aliphatic rings. The van der Waals surface area contributed by atoms with Crippen molar-refractivity contribution >= 4 is 12.3 Å². The van der Waals surface area contributed by atoms with Crippen LogP contribution >= 0.6 is 0 Å². The molecule has 0 aromatic carbocycles. The van der Waals surface area contributed by atoms with E-state index in [1.54, 1.807) is 13.8 Å². The van der Waals surface area contributed by atoms with Gasteiger partial charge in [-0.3, -0.25) is 14.3 Å². The van der Waals surface area contributed by atoms with Crippen LogP contribution in [0.25, 0.3) is 0 Å². The van der Waals surface area contributed by atoms with Crippen LogP contribution < -0.4 is 0 Å². The lowest BCUT2D eigenvalue weighted by atomic mass is 10.2. The summed E-state index contributed by atoms with van der Waals surface area (Å²) < 4.78 is 5.97. The average molecular weight is 196 g/mol. The van der Waals surface area contributed by atoms with E-state index in [-0.39, 0.29) is 12.5 Å². The molecule has 5 heteroatoms. The molecule has 1 rings (SSSR count). The number of methoxy groups -OCH3 is 1. The lowest BCUT2D eigenvalue weighted by Gasteiger charge is -2.01. The van der Waals surface area contributed by atoms with Crippen LogP contribution in [0.15, 0.2) is 0 Å². The van der Waals surface area contributed by atoms with Crippen LogP contribution in [-0.2, 0) is 16.1 Å². The zero-order chi connectivity index (χ0) is 10.7. The topological polar surface area (TPSA) is 61.2 Å². The first-order valence-electron chi connectivity index (χ1n) is 4.16. The molecule has 0 aliphatic carbocycles. The third kappa shape index (κ3) is 1.81. The largest absolute Gasteiger partial charge is 0.468 e. The average Bonchev–Trinajstić information content (AvgIpc) is 2.42. The molecule has 14 heavy (non-hydrogen) atoms. The number of carbonyl (C=O) groups is 2. The maximum Gasteiger partial charge on any atom is 0.327 e. The minimum atomic E-state index is -0.381. The number of rotatable bonds is 3. The van der Waals surface area contributed by atoms with Crippen molar-refractivity contribution in [2.24, 2.45) is 0 Å². The zero-order valence-electron chi connectivity index (χ0n) is 8.40. The number of aryl methyl sites for hydroxylation is 1. The molecule has 0 atom stereocenters. The second-order valence-electron chi connectivity index (χ2n) is 2.94. The number of aldehydes is 1. The van der Waals surface area contributed by atoms with E-state index in [1.165, 1.54) is 11.8 Å². The van der Waals surface area contributed by atoms with Gasteiger partial charge in [0.2, 0.25) is 0 Å². The van der Waals surface area contributed by atoms with E-state index in [2.05, 4.69) is 9.84 Å². The van der Waals surface area contributed by atoms with Crippen LogP contribution in [0.3, 0.4) is 0 Å². The van der Waals surface area contributed by atoms with Crippen molar-refractivity contribution in [2.75, 3.05) is 7.11 Å². The maximum absolute atomic E-state index is 11.0. The highest BCUT2D eigenvalue weighted by Gasteiger charge is 2.12. The summed E-state index contributed by atoms with van der Waals surface area (Å²) in [6, 6.07) is 0. The summed E-state index contributed by atoms with van der Waals surface area (Å²) in [4.78, 5) is 21.6. The maximum atomic E-state index is 11.0. The molecule has 0 spiro atoms. The van der Waals surface area contributed by atoms with E-state index in [4.69, 9.17) is 0 Å². The van der Waals surface area contributed by atoms with Crippen molar-refractivity contribution in [3.05, 3.63) is 17.0 Å². The molecule has 0 N–H and O–H groups in total. The molecule has 1 aromatic rings. The number of hydrogen-bond donors (Lipinski definition) is 0. The van der Waals surface area contributed by atoms with Crippen molar-refractivity contribution in [1.29, 1.82) is 0 Å². The van der Waals surface area contributed by atoms with Crippen LogP contribution in [0, 0.1) is 13.8 Å². The van der Waals surface area contributed by atoms with Crippen LogP contribution in [-0.4, -0.2) is 29.1 Å². The predicted molar refractivity (Wildman–Crippen MR) is 49.1 cm³/mol. The third-order valence-electron chi connectivity index (χ3n) is 2.06. The van der Waals surface area contributed by atoms with E-state index >= 15 is 0 Å². The molecule has 76 valence electrons. The standard InChI is InChI=1S/C9H12N2O3/c1-6-8(5-12)7(2)11(10-6)4-9(13)14-3/h5H,4H2,1-3H3. The van der Waals surface area contributed by atoms with Crippen molar-refractivity contribution in [1.82, 2.24) is 9.78 Å². The van der Waals surface area contributed by atoms with Gasteiger partial charge < -0.3 is 4.74 Å². The number of carbonyl (C=O) groups excluding carboxylic acids is 2. The van der Waals surface area contributed by atoms with Gasteiger partial charge in [-0.05, 0) is 13.8 Å². The summed E-state index contributed by atoms with van der Waals surface area (Å²) in [5.74, 6) is -0.381. The molecule has 5 nitrogen and oxygen atoms in total.